The lowest BCUT2D eigenvalue weighted by Gasteiger charge is -2.53. The van der Waals surface area contributed by atoms with Gasteiger partial charge in [0.1, 0.15) is 4.75 Å². The molecule has 10 nitrogen and oxygen atoms in total. The van der Waals surface area contributed by atoms with Crippen molar-refractivity contribution < 1.29 is 68.4 Å². The molecule has 1 unspecified atom stereocenters. The smallest absolute Gasteiger partial charge is 0.475 e. The summed E-state index contributed by atoms with van der Waals surface area (Å²) in [6.45, 7) is 2.78. The van der Waals surface area contributed by atoms with Crippen LogP contribution >= 0.6 is 0 Å². The van der Waals surface area contributed by atoms with Gasteiger partial charge < -0.3 is 19.7 Å². The van der Waals surface area contributed by atoms with Crippen molar-refractivity contribution in [2.45, 2.75) is 42.4 Å². The summed E-state index contributed by atoms with van der Waals surface area (Å²) in [5.74, 6) is -6.01. The van der Waals surface area contributed by atoms with Gasteiger partial charge in [-0.2, -0.15) is 26.3 Å². The van der Waals surface area contributed by atoms with Gasteiger partial charge in [-0.05, 0) is 31.4 Å². The molecule has 1 spiro atoms. The van der Waals surface area contributed by atoms with E-state index >= 15 is 0 Å². The molecule has 1 aromatic heterocycles. The van der Waals surface area contributed by atoms with Gasteiger partial charge in [-0.15, -0.1) is 0 Å². The third kappa shape index (κ3) is 8.38. The molecule has 1 atom stereocenters. The van der Waals surface area contributed by atoms with Crippen LogP contribution < -0.4 is 4.74 Å². The molecular formula is C21H25F7N2O8S. The number of sulfone groups is 1. The van der Waals surface area contributed by atoms with Gasteiger partial charge in [0.25, 0.3) is 0 Å². The van der Waals surface area contributed by atoms with Crippen LogP contribution in [0.2, 0.25) is 0 Å². The zero-order chi connectivity index (χ0) is 29.6. The van der Waals surface area contributed by atoms with Crippen LogP contribution in [0.3, 0.4) is 0 Å². The van der Waals surface area contributed by atoms with Crippen molar-refractivity contribution in [2.75, 3.05) is 38.7 Å². The van der Waals surface area contributed by atoms with Crippen LogP contribution in [0, 0.1) is 11.7 Å². The van der Waals surface area contributed by atoms with E-state index in [9.17, 15) is 39.2 Å². The minimum absolute atomic E-state index is 0.0532. The Morgan fingerprint density at radius 1 is 1.05 bits per heavy atom. The number of carboxylic acid groups (broad SMARTS) is 2. The summed E-state index contributed by atoms with van der Waals surface area (Å²) < 4.78 is 113. The minimum Gasteiger partial charge on any atom is -0.475 e. The van der Waals surface area contributed by atoms with Gasteiger partial charge in [-0.25, -0.2) is 27.4 Å². The fourth-order valence-electron chi connectivity index (χ4n) is 4.31. The molecular weight excluding hydrogens is 573 g/mol. The molecule has 4 heterocycles. The number of aromatic nitrogens is 1. The fraction of sp³-hybridized carbons (Fsp3) is 0.667. The van der Waals surface area contributed by atoms with Crippen molar-refractivity contribution in [2.24, 2.45) is 5.92 Å². The number of aliphatic carboxylic acids is 2. The average molecular weight is 598 g/mol. The number of halogens is 7. The summed E-state index contributed by atoms with van der Waals surface area (Å²) in [5, 5.41) is 14.2. The molecule has 2 N–H and O–H groups in total. The van der Waals surface area contributed by atoms with E-state index < -0.39 is 44.7 Å². The molecule has 3 aliphatic rings. The number of hydrogen-bond donors (Lipinski definition) is 2. The van der Waals surface area contributed by atoms with Crippen molar-refractivity contribution in [3.63, 3.8) is 0 Å². The van der Waals surface area contributed by atoms with Crippen LogP contribution in [-0.2, 0) is 24.2 Å². The molecule has 4 rings (SSSR count). The van der Waals surface area contributed by atoms with Gasteiger partial charge in [-0.1, -0.05) is 0 Å². The van der Waals surface area contributed by atoms with Crippen molar-refractivity contribution in [3.05, 3.63) is 24.1 Å². The third-order valence-corrected chi connectivity index (χ3v) is 8.98. The topological polar surface area (TPSA) is 143 Å². The molecule has 3 fully saturated rings. The lowest BCUT2D eigenvalue weighted by atomic mass is 9.82. The monoisotopic (exact) mass is 598 g/mol. The van der Waals surface area contributed by atoms with E-state index in [1.807, 2.05) is 0 Å². The molecule has 3 saturated heterocycles. The van der Waals surface area contributed by atoms with E-state index in [0.29, 0.717) is 25.6 Å². The molecule has 39 heavy (non-hydrogen) atoms. The maximum atomic E-state index is 13.7. The first-order valence-electron chi connectivity index (χ1n) is 11.3. The molecule has 3 aliphatic heterocycles. The molecule has 1 aromatic rings. The van der Waals surface area contributed by atoms with Gasteiger partial charge in [0.2, 0.25) is 5.88 Å². The predicted molar refractivity (Wildman–Crippen MR) is 117 cm³/mol. The highest BCUT2D eigenvalue weighted by molar-refractivity contribution is 7.93. The van der Waals surface area contributed by atoms with Crippen LogP contribution in [0.15, 0.2) is 18.3 Å². The van der Waals surface area contributed by atoms with E-state index in [4.69, 9.17) is 29.3 Å². The normalized spacial score (nSPS) is 22.5. The van der Waals surface area contributed by atoms with Crippen molar-refractivity contribution in [1.29, 1.82) is 0 Å². The Bertz CT molecular complexity index is 1080. The Balaban J connectivity index is 0.000000317. The summed E-state index contributed by atoms with van der Waals surface area (Å²) in [5.41, 5.74) is 0. The van der Waals surface area contributed by atoms with Crippen LogP contribution in [0.5, 0.6) is 5.88 Å². The second kappa shape index (κ2) is 12.6. The van der Waals surface area contributed by atoms with Gasteiger partial charge >= 0.3 is 24.3 Å². The van der Waals surface area contributed by atoms with Crippen molar-refractivity contribution >= 4 is 21.8 Å². The Hall–Kier alpha value is -2.73. The number of pyridine rings is 1. The molecule has 0 aliphatic carbocycles. The summed E-state index contributed by atoms with van der Waals surface area (Å²) in [6.07, 6.45) is -6.22. The Morgan fingerprint density at radius 2 is 1.56 bits per heavy atom. The Labute approximate surface area is 217 Å². The summed E-state index contributed by atoms with van der Waals surface area (Å²) >= 11 is 0. The number of carboxylic acids is 2. The van der Waals surface area contributed by atoms with E-state index in [2.05, 4.69) is 9.88 Å². The number of hydrogen-bond acceptors (Lipinski definition) is 8. The number of rotatable bonds is 4. The molecule has 0 amide bonds. The quantitative estimate of drug-likeness (QED) is 0.497. The van der Waals surface area contributed by atoms with Gasteiger partial charge in [0.15, 0.2) is 15.7 Å². The summed E-state index contributed by atoms with van der Waals surface area (Å²) in [7, 11) is -3.15. The SMILES string of the molecule is O=C(O)C(F)(F)F.O=C(O)C(F)(F)F.O=S1(=O)CCC(COc2ncccc2F)C12CN(C1CCOCC1)C2. The Morgan fingerprint density at radius 3 is 2.03 bits per heavy atom. The first-order valence-corrected chi connectivity index (χ1v) is 12.9. The number of carbonyl (C=O) groups is 2. The predicted octanol–water partition coefficient (Wildman–Crippen LogP) is 2.53. The van der Waals surface area contributed by atoms with Crippen LogP contribution in [0.1, 0.15) is 19.3 Å². The van der Waals surface area contributed by atoms with Gasteiger partial charge in [-0.3, -0.25) is 4.90 Å². The molecule has 0 aromatic carbocycles. The molecule has 0 bridgehead atoms. The van der Waals surface area contributed by atoms with E-state index in [0.717, 1.165) is 26.1 Å². The number of likely N-dealkylation sites (tertiary alicyclic amines) is 1. The fourth-order valence-corrected chi connectivity index (χ4v) is 6.73. The van der Waals surface area contributed by atoms with E-state index in [1.165, 1.54) is 18.3 Å². The molecule has 0 radical (unpaired) electrons. The largest absolute Gasteiger partial charge is 0.490 e. The molecule has 222 valence electrons. The van der Waals surface area contributed by atoms with Crippen LogP contribution in [0.25, 0.3) is 0 Å². The summed E-state index contributed by atoms with van der Waals surface area (Å²) in [6, 6.07) is 3.20. The van der Waals surface area contributed by atoms with Gasteiger partial charge in [0.05, 0.1) is 12.4 Å². The van der Waals surface area contributed by atoms with E-state index in [-0.39, 0.29) is 24.2 Å². The van der Waals surface area contributed by atoms with Crippen LogP contribution in [0.4, 0.5) is 30.7 Å². The highest BCUT2D eigenvalue weighted by Gasteiger charge is 2.62. The highest BCUT2D eigenvalue weighted by Crippen LogP contribution is 2.46. The second-order valence-corrected chi connectivity index (χ2v) is 11.3. The molecule has 0 saturated carbocycles. The van der Waals surface area contributed by atoms with E-state index in [1.54, 1.807) is 0 Å². The number of ether oxygens (including phenoxy) is 2. The number of alkyl halides is 6. The van der Waals surface area contributed by atoms with Crippen LogP contribution in [-0.4, -0.2) is 102 Å². The van der Waals surface area contributed by atoms with Gasteiger partial charge in [0, 0.05) is 44.5 Å². The highest BCUT2D eigenvalue weighted by atomic mass is 32.2. The van der Waals surface area contributed by atoms with Crippen molar-refractivity contribution in [1.82, 2.24) is 9.88 Å². The summed E-state index contributed by atoms with van der Waals surface area (Å²) in [4.78, 5) is 23.9. The maximum absolute atomic E-state index is 13.7. The average Bonchev–Trinajstić information content (AvgIpc) is 3.07. The van der Waals surface area contributed by atoms with Crippen molar-refractivity contribution in [3.8, 4) is 5.88 Å². The lowest BCUT2D eigenvalue weighted by molar-refractivity contribution is -0.193. The number of nitrogens with zero attached hydrogens (tertiary/aromatic N) is 2. The Kier molecular flexibility index (Phi) is 10.5. The lowest BCUT2D eigenvalue weighted by Crippen LogP contribution is -2.70. The first-order chi connectivity index (χ1) is 17.9. The second-order valence-electron chi connectivity index (χ2n) is 8.82. The zero-order valence-electron chi connectivity index (χ0n) is 20.0. The standard InChI is InChI=1S/C17H23FN2O4S.2C2HF3O2/c18-15-2-1-6-19-16(15)24-10-13-5-9-25(21,22)17(13)11-20(12-17)14-3-7-23-8-4-14;2*3-2(4,5)1(6)7/h1-2,6,13-14H,3-5,7-12H2;2*(H,6,7). The minimum atomic E-state index is -5.08. The first kappa shape index (κ1) is 32.5. The third-order valence-electron chi connectivity index (χ3n) is 6.38. The zero-order valence-corrected chi connectivity index (χ0v) is 20.9. The molecule has 18 heteroatoms. The maximum Gasteiger partial charge on any atom is 0.490 e.